The molecule has 0 unspecified atom stereocenters. The number of urea groups is 1. The Hall–Kier alpha value is -3.66. The molecule has 1 atom stereocenters. The van der Waals surface area contributed by atoms with Crippen LogP contribution in [0.15, 0.2) is 54.7 Å². The predicted molar refractivity (Wildman–Crippen MR) is 177 cm³/mol. The Labute approximate surface area is 272 Å². The minimum atomic E-state index is -1.04. The zero-order valence-corrected chi connectivity index (χ0v) is 27.0. The lowest BCUT2D eigenvalue weighted by Gasteiger charge is -2.33. The first kappa shape index (κ1) is 32.7. The fourth-order valence-corrected chi connectivity index (χ4v) is 6.73. The molecular formula is C34H38Cl2FN5O3. The van der Waals surface area contributed by atoms with E-state index in [0.29, 0.717) is 28.8 Å². The third-order valence-corrected chi connectivity index (χ3v) is 9.30. The summed E-state index contributed by atoms with van der Waals surface area (Å²) in [5.74, 6) is -0.515. The first-order valence-corrected chi connectivity index (χ1v) is 16.2. The molecule has 4 aromatic rings. The van der Waals surface area contributed by atoms with Gasteiger partial charge >= 0.3 is 12.0 Å². The average molecular weight is 655 g/mol. The van der Waals surface area contributed by atoms with E-state index in [1.807, 2.05) is 29.7 Å². The van der Waals surface area contributed by atoms with Crippen LogP contribution in [0.5, 0.6) is 0 Å². The average Bonchev–Trinajstić information content (AvgIpc) is 3.35. The van der Waals surface area contributed by atoms with Gasteiger partial charge in [-0.1, -0.05) is 36.2 Å². The number of hydrogen-bond donors (Lipinski definition) is 3. The Morgan fingerprint density at radius 2 is 1.84 bits per heavy atom. The largest absolute Gasteiger partial charge is 0.478 e. The number of fused-ring (bicyclic) bond motifs is 1. The molecule has 3 N–H and O–H groups in total. The molecule has 8 nitrogen and oxygen atoms in total. The Kier molecular flexibility index (Phi) is 10.6. The Bertz CT molecular complexity index is 1670. The van der Waals surface area contributed by atoms with Gasteiger partial charge in [-0.05, 0) is 112 Å². The number of pyridine rings is 1. The Morgan fingerprint density at radius 3 is 2.49 bits per heavy atom. The molecule has 3 heterocycles. The van der Waals surface area contributed by atoms with Crippen LogP contribution in [0.3, 0.4) is 0 Å². The van der Waals surface area contributed by atoms with Gasteiger partial charge in [0.1, 0.15) is 11.6 Å². The van der Waals surface area contributed by atoms with Crippen molar-refractivity contribution in [3.8, 4) is 5.82 Å². The normalized spacial score (nSPS) is 14.9. The molecule has 1 aliphatic rings. The van der Waals surface area contributed by atoms with Gasteiger partial charge in [-0.2, -0.15) is 0 Å². The third kappa shape index (κ3) is 7.60. The number of aromatic carboxylic acids is 1. The predicted octanol–water partition coefficient (Wildman–Crippen LogP) is 7.23. The summed E-state index contributed by atoms with van der Waals surface area (Å²) in [6.07, 6.45) is 5.36. The van der Waals surface area contributed by atoms with Gasteiger partial charge in [-0.25, -0.2) is 19.0 Å². The number of piperidine rings is 1. The molecule has 11 heteroatoms. The minimum absolute atomic E-state index is 0.0777. The van der Waals surface area contributed by atoms with Gasteiger partial charge in [0.05, 0.1) is 21.1 Å². The quantitative estimate of drug-likeness (QED) is 0.159. The van der Waals surface area contributed by atoms with E-state index in [4.69, 9.17) is 23.2 Å². The van der Waals surface area contributed by atoms with E-state index in [2.05, 4.69) is 27.4 Å². The van der Waals surface area contributed by atoms with E-state index in [-0.39, 0.29) is 29.4 Å². The number of carboxylic acids is 1. The number of carbonyl (C=O) groups excluding carboxylic acids is 1. The lowest BCUT2D eigenvalue weighted by atomic mass is 9.86. The van der Waals surface area contributed by atoms with Gasteiger partial charge in [-0.15, -0.1) is 0 Å². The number of carboxylic acid groups (broad SMARTS) is 1. The fraction of sp³-hybridized carbons (Fsp3) is 0.382. The van der Waals surface area contributed by atoms with Crippen molar-refractivity contribution >= 4 is 46.1 Å². The van der Waals surface area contributed by atoms with Gasteiger partial charge in [0.25, 0.3) is 0 Å². The lowest BCUT2D eigenvalue weighted by Crippen LogP contribution is -2.45. The Balaban J connectivity index is 1.32. The second-order valence-electron chi connectivity index (χ2n) is 11.5. The number of rotatable bonds is 11. The summed E-state index contributed by atoms with van der Waals surface area (Å²) in [6.45, 7) is 7.15. The lowest BCUT2D eigenvalue weighted by molar-refractivity contribution is 0.0696. The van der Waals surface area contributed by atoms with E-state index in [1.165, 1.54) is 30.0 Å². The maximum Gasteiger partial charge on any atom is 0.337 e. The van der Waals surface area contributed by atoms with Crippen LogP contribution in [0.25, 0.3) is 16.7 Å². The summed E-state index contributed by atoms with van der Waals surface area (Å²) in [7, 11) is 0. The summed E-state index contributed by atoms with van der Waals surface area (Å²) < 4.78 is 16.5. The van der Waals surface area contributed by atoms with Crippen molar-refractivity contribution in [2.24, 2.45) is 0 Å². The number of likely N-dealkylation sites (tertiary alicyclic amines) is 1. The number of amides is 2. The van der Waals surface area contributed by atoms with Crippen molar-refractivity contribution in [2.75, 3.05) is 26.2 Å². The second-order valence-corrected chi connectivity index (χ2v) is 12.3. The van der Waals surface area contributed by atoms with E-state index in [1.54, 1.807) is 12.1 Å². The SMILES string of the molecule is CCNC(=O)N[C@@H](CCN1CCC(c2c(CC)n(-c3ccc(C(=O)O)cn3)c3cc(F)ccc23)CC1)Cc1ccc(Cl)c(Cl)c1. The number of halogens is 3. The molecule has 0 bridgehead atoms. The van der Waals surface area contributed by atoms with E-state index < -0.39 is 5.97 Å². The second kappa shape index (κ2) is 14.6. The van der Waals surface area contributed by atoms with Crippen LogP contribution in [0, 0.1) is 5.82 Å². The standard InChI is InChI=1S/C34H38Cl2FN5O3/c1-3-29-32(26-8-7-24(37)19-30(26)42(29)31-10-6-23(20-39-31)33(43)44)22-11-14-41(15-12-22)16-13-25(40-34(45)38-4-2)17-21-5-9-27(35)28(36)18-21/h5-10,18-20,22,25H,3-4,11-17H2,1-2H3,(H,43,44)(H2,38,40,45)/t25-/m0/s1. The van der Waals surface area contributed by atoms with E-state index in [9.17, 15) is 19.1 Å². The van der Waals surface area contributed by atoms with Crippen molar-refractivity contribution in [3.63, 3.8) is 0 Å². The summed E-state index contributed by atoms with van der Waals surface area (Å²) in [5, 5.41) is 17.3. The molecule has 1 fully saturated rings. The van der Waals surface area contributed by atoms with Crippen LogP contribution in [0.2, 0.25) is 10.0 Å². The molecule has 2 aromatic carbocycles. The van der Waals surface area contributed by atoms with E-state index in [0.717, 1.165) is 67.5 Å². The number of nitrogens with zero attached hydrogens (tertiary/aromatic N) is 3. The van der Waals surface area contributed by atoms with Crippen molar-refractivity contribution < 1.29 is 19.1 Å². The van der Waals surface area contributed by atoms with Gasteiger partial charge < -0.3 is 20.6 Å². The molecular weight excluding hydrogens is 616 g/mol. The molecule has 0 spiro atoms. The molecule has 238 valence electrons. The number of hydrogen-bond acceptors (Lipinski definition) is 4. The molecule has 1 saturated heterocycles. The zero-order valence-electron chi connectivity index (χ0n) is 25.5. The number of carbonyl (C=O) groups is 2. The third-order valence-electron chi connectivity index (χ3n) is 8.56. The molecule has 2 amide bonds. The van der Waals surface area contributed by atoms with Crippen LogP contribution in [-0.4, -0.2) is 63.8 Å². The van der Waals surface area contributed by atoms with Crippen LogP contribution in [0.4, 0.5) is 9.18 Å². The fourth-order valence-electron chi connectivity index (χ4n) is 6.41. The maximum absolute atomic E-state index is 14.5. The number of aromatic nitrogens is 2. The maximum atomic E-state index is 14.5. The summed E-state index contributed by atoms with van der Waals surface area (Å²) in [5.41, 5.74) is 4.13. The number of nitrogens with one attached hydrogen (secondary N) is 2. The van der Waals surface area contributed by atoms with Crippen molar-refractivity contribution in [3.05, 3.63) is 93.0 Å². The van der Waals surface area contributed by atoms with Crippen molar-refractivity contribution in [2.45, 2.75) is 57.9 Å². The summed E-state index contributed by atoms with van der Waals surface area (Å²) in [4.78, 5) is 30.7. The summed E-state index contributed by atoms with van der Waals surface area (Å²) >= 11 is 12.4. The molecule has 0 radical (unpaired) electrons. The Morgan fingerprint density at radius 1 is 1.07 bits per heavy atom. The van der Waals surface area contributed by atoms with Crippen molar-refractivity contribution in [1.29, 1.82) is 0 Å². The van der Waals surface area contributed by atoms with Gasteiger partial charge in [0.2, 0.25) is 0 Å². The topological polar surface area (TPSA) is 99.5 Å². The van der Waals surface area contributed by atoms with Crippen LogP contribution < -0.4 is 10.6 Å². The smallest absolute Gasteiger partial charge is 0.337 e. The highest BCUT2D eigenvalue weighted by Gasteiger charge is 2.28. The highest BCUT2D eigenvalue weighted by molar-refractivity contribution is 6.42. The zero-order chi connectivity index (χ0) is 32.1. The monoisotopic (exact) mass is 653 g/mol. The van der Waals surface area contributed by atoms with Crippen LogP contribution >= 0.6 is 23.2 Å². The molecule has 45 heavy (non-hydrogen) atoms. The minimum Gasteiger partial charge on any atom is -0.478 e. The molecule has 0 aliphatic carbocycles. The van der Waals surface area contributed by atoms with E-state index >= 15 is 0 Å². The molecule has 0 saturated carbocycles. The molecule has 1 aliphatic heterocycles. The molecule has 2 aromatic heterocycles. The van der Waals surface area contributed by atoms with Gasteiger partial charge in [-0.3, -0.25) is 4.57 Å². The first-order valence-electron chi connectivity index (χ1n) is 15.4. The van der Waals surface area contributed by atoms with Gasteiger partial charge in [0.15, 0.2) is 0 Å². The van der Waals surface area contributed by atoms with Crippen molar-refractivity contribution in [1.82, 2.24) is 25.1 Å². The van der Waals surface area contributed by atoms with Crippen LogP contribution in [-0.2, 0) is 12.8 Å². The molecule has 5 rings (SSSR count). The van der Waals surface area contributed by atoms with Gasteiger partial charge in [0, 0.05) is 36.4 Å². The first-order chi connectivity index (χ1) is 21.7. The van der Waals surface area contributed by atoms with Crippen LogP contribution in [0.1, 0.15) is 66.2 Å². The highest BCUT2D eigenvalue weighted by atomic mass is 35.5. The number of benzene rings is 2. The highest BCUT2D eigenvalue weighted by Crippen LogP contribution is 2.39. The summed E-state index contributed by atoms with van der Waals surface area (Å²) in [6, 6.07) is 13.4.